The highest BCUT2D eigenvalue weighted by molar-refractivity contribution is 5.93. The van der Waals surface area contributed by atoms with Crippen molar-refractivity contribution in [3.8, 4) is 5.75 Å². The molecule has 0 aliphatic carbocycles. The molecule has 0 aliphatic rings. The molecule has 0 spiro atoms. The van der Waals surface area contributed by atoms with Gasteiger partial charge in [0.1, 0.15) is 5.75 Å². The molecule has 4 N–H and O–H groups in total. The summed E-state index contributed by atoms with van der Waals surface area (Å²) in [5.41, 5.74) is 3.78. The van der Waals surface area contributed by atoms with E-state index in [0.717, 1.165) is 6.07 Å². The van der Waals surface area contributed by atoms with Gasteiger partial charge < -0.3 is 15.8 Å². The number of aromatic nitrogens is 1. The number of hydrogen-bond acceptors (Lipinski definition) is 3. The van der Waals surface area contributed by atoms with Gasteiger partial charge in [0.2, 0.25) is 0 Å². The van der Waals surface area contributed by atoms with Gasteiger partial charge in [0.05, 0.1) is 18.2 Å². The van der Waals surface area contributed by atoms with Gasteiger partial charge in [0.15, 0.2) is 0 Å². The number of para-hydroxylation sites is 1. The zero-order valence-electron chi connectivity index (χ0n) is 15.9. The van der Waals surface area contributed by atoms with E-state index in [1.165, 1.54) is 43.8 Å². The van der Waals surface area contributed by atoms with E-state index in [1.54, 1.807) is 0 Å². The Morgan fingerprint density at radius 1 is 1.15 bits per heavy atom. The number of pyridine rings is 1. The maximum atomic E-state index is 12.9. The van der Waals surface area contributed by atoms with E-state index in [2.05, 4.69) is 36.8 Å². The molecule has 148 valence electrons. The SMILES string of the molecule is CC(C)(C)[NH3+].COc1c(CNC(=O)c2ccncc2)cccc1C(F)(F)F. The Balaban J connectivity index is 0.000000646. The van der Waals surface area contributed by atoms with E-state index in [-0.39, 0.29) is 23.4 Å². The van der Waals surface area contributed by atoms with Gasteiger partial charge >= 0.3 is 6.18 Å². The van der Waals surface area contributed by atoms with Crippen LogP contribution in [0.25, 0.3) is 0 Å². The maximum absolute atomic E-state index is 12.9. The number of alkyl halides is 3. The third-order valence-electron chi connectivity index (χ3n) is 2.99. The lowest BCUT2D eigenvalue weighted by Gasteiger charge is -2.16. The normalized spacial score (nSPS) is 11.3. The summed E-state index contributed by atoms with van der Waals surface area (Å²) in [6.45, 7) is 6.15. The number of nitrogens with one attached hydrogen (secondary N) is 1. The average molecular weight is 384 g/mol. The van der Waals surface area contributed by atoms with Crippen LogP contribution in [0.15, 0.2) is 42.7 Å². The highest BCUT2D eigenvalue weighted by Gasteiger charge is 2.35. The summed E-state index contributed by atoms with van der Waals surface area (Å²) in [5.74, 6) is -0.688. The molecule has 27 heavy (non-hydrogen) atoms. The summed E-state index contributed by atoms with van der Waals surface area (Å²) in [6, 6.07) is 6.71. The van der Waals surface area contributed by atoms with Gasteiger partial charge in [-0.15, -0.1) is 0 Å². The van der Waals surface area contributed by atoms with Crippen LogP contribution in [0.3, 0.4) is 0 Å². The van der Waals surface area contributed by atoms with E-state index in [0.29, 0.717) is 5.56 Å². The summed E-state index contributed by atoms with van der Waals surface area (Å²) in [7, 11) is 1.17. The zero-order valence-corrected chi connectivity index (χ0v) is 15.9. The Hall–Kier alpha value is -2.61. The average Bonchev–Trinajstić information content (AvgIpc) is 2.57. The van der Waals surface area contributed by atoms with Gasteiger partial charge in [0.25, 0.3) is 5.91 Å². The second kappa shape index (κ2) is 9.36. The van der Waals surface area contributed by atoms with Crippen LogP contribution in [-0.2, 0) is 12.7 Å². The lowest BCUT2D eigenvalue weighted by Crippen LogP contribution is -2.67. The number of amides is 1. The molecule has 5 nitrogen and oxygen atoms in total. The van der Waals surface area contributed by atoms with Crippen molar-refractivity contribution in [2.75, 3.05) is 7.11 Å². The van der Waals surface area contributed by atoms with Crippen molar-refractivity contribution in [3.63, 3.8) is 0 Å². The Labute approximate surface area is 156 Å². The third kappa shape index (κ3) is 8.08. The summed E-state index contributed by atoms with van der Waals surface area (Å²) in [4.78, 5) is 15.7. The molecule has 0 aliphatic heterocycles. The molecule has 0 atom stereocenters. The number of benzene rings is 1. The molecule has 0 bridgehead atoms. The van der Waals surface area contributed by atoms with Crippen molar-refractivity contribution in [3.05, 3.63) is 59.4 Å². The number of carbonyl (C=O) groups excluding carboxylic acids is 1. The summed E-state index contributed by atoms with van der Waals surface area (Å²) >= 11 is 0. The molecule has 8 heteroatoms. The highest BCUT2D eigenvalue weighted by Crippen LogP contribution is 2.37. The molecule has 0 saturated carbocycles. The highest BCUT2D eigenvalue weighted by atomic mass is 19.4. The number of quaternary nitrogens is 1. The van der Waals surface area contributed by atoms with E-state index in [9.17, 15) is 18.0 Å². The van der Waals surface area contributed by atoms with Crippen LogP contribution < -0.4 is 15.8 Å². The van der Waals surface area contributed by atoms with E-state index >= 15 is 0 Å². The quantitative estimate of drug-likeness (QED) is 0.850. The number of nitrogens with zero attached hydrogens (tertiary/aromatic N) is 1. The van der Waals surface area contributed by atoms with Crippen LogP contribution in [0.2, 0.25) is 0 Å². The first kappa shape index (κ1) is 22.4. The van der Waals surface area contributed by atoms with Gasteiger partial charge in [-0.25, -0.2) is 0 Å². The number of carbonyl (C=O) groups is 1. The fraction of sp³-hybridized carbons (Fsp3) is 0.368. The smallest absolute Gasteiger partial charge is 0.419 e. The first-order valence-electron chi connectivity index (χ1n) is 8.20. The molecular formula is C19H25F3N3O2+. The fourth-order valence-corrected chi connectivity index (χ4v) is 1.97. The van der Waals surface area contributed by atoms with Crippen LogP contribution >= 0.6 is 0 Å². The first-order valence-corrected chi connectivity index (χ1v) is 8.20. The summed E-state index contributed by atoms with van der Waals surface area (Å²) in [5, 5.41) is 2.55. The van der Waals surface area contributed by atoms with Crippen molar-refractivity contribution in [1.29, 1.82) is 0 Å². The number of halogens is 3. The Morgan fingerprint density at radius 2 is 1.70 bits per heavy atom. The molecule has 2 rings (SSSR count). The molecule has 1 amide bonds. The Bertz CT molecular complexity index is 736. The first-order chi connectivity index (χ1) is 12.4. The van der Waals surface area contributed by atoms with Gasteiger partial charge in [-0.3, -0.25) is 9.78 Å². The minimum atomic E-state index is -4.52. The molecule has 1 aromatic heterocycles. The summed E-state index contributed by atoms with van der Waals surface area (Å²) in [6.07, 6.45) is -1.60. The van der Waals surface area contributed by atoms with Crippen molar-refractivity contribution in [2.45, 2.75) is 39.0 Å². The Kier molecular flexibility index (Phi) is 7.78. The zero-order chi connectivity index (χ0) is 20.7. The fourth-order valence-electron chi connectivity index (χ4n) is 1.97. The number of ether oxygens (including phenoxy) is 1. The molecule has 0 saturated heterocycles. The minimum absolute atomic E-state index is 0.0751. The molecule has 1 heterocycles. The van der Waals surface area contributed by atoms with Gasteiger partial charge in [0, 0.05) is 30.1 Å². The number of rotatable bonds is 4. The van der Waals surface area contributed by atoms with E-state index in [1.807, 2.05) is 0 Å². The van der Waals surface area contributed by atoms with Crippen molar-refractivity contribution in [1.82, 2.24) is 10.3 Å². The second-order valence-corrected chi connectivity index (χ2v) is 6.97. The Morgan fingerprint density at radius 3 is 2.19 bits per heavy atom. The molecule has 0 unspecified atom stereocenters. The van der Waals surface area contributed by atoms with Crippen LogP contribution in [0, 0.1) is 0 Å². The standard InChI is InChI=1S/C15H13F3N2O2.C4H11N/c1-22-13-11(3-2-4-12(13)15(16,17)18)9-20-14(21)10-5-7-19-8-6-10;1-4(2,3)5/h2-8H,9H2,1H3,(H,20,21);5H2,1-3H3/p+1. The topological polar surface area (TPSA) is 78.9 Å². The molecule has 1 aromatic carbocycles. The molecule has 2 aromatic rings. The predicted molar refractivity (Wildman–Crippen MR) is 96.0 cm³/mol. The van der Waals surface area contributed by atoms with Crippen molar-refractivity contribution >= 4 is 5.91 Å². The second-order valence-electron chi connectivity index (χ2n) is 6.97. The predicted octanol–water partition coefficient (Wildman–Crippen LogP) is 3.07. The maximum Gasteiger partial charge on any atom is 0.419 e. The molecular weight excluding hydrogens is 359 g/mol. The third-order valence-corrected chi connectivity index (χ3v) is 2.99. The van der Waals surface area contributed by atoms with Crippen LogP contribution in [0.1, 0.15) is 42.3 Å². The lowest BCUT2D eigenvalue weighted by molar-refractivity contribution is -0.458. The number of methoxy groups -OCH3 is 1. The lowest BCUT2D eigenvalue weighted by atomic mass is 10.1. The molecule has 0 fully saturated rings. The van der Waals surface area contributed by atoms with Crippen LogP contribution in [-0.4, -0.2) is 23.5 Å². The van der Waals surface area contributed by atoms with Gasteiger partial charge in [-0.2, -0.15) is 13.2 Å². The monoisotopic (exact) mass is 384 g/mol. The summed E-state index contributed by atoms with van der Waals surface area (Å²) < 4.78 is 43.6. The van der Waals surface area contributed by atoms with E-state index in [4.69, 9.17) is 4.74 Å². The largest absolute Gasteiger partial charge is 0.496 e. The van der Waals surface area contributed by atoms with Gasteiger partial charge in [-0.1, -0.05) is 12.1 Å². The van der Waals surface area contributed by atoms with Crippen molar-refractivity contribution < 1.29 is 28.4 Å². The van der Waals surface area contributed by atoms with E-state index < -0.39 is 17.6 Å². The number of hydrogen-bond donors (Lipinski definition) is 2. The van der Waals surface area contributed by atoms with Crippen molar-refractivity contribution in [2.24, 2.45) is 0 Å². The van der Waals surface area contributed by atoms with Gasteiger partial charge in [-0.05, 0) is 39.0 Å². The minimum Gasteiger partial charge on any atom is -0.496 e. The molecule has 0 radical (unpaired) electrons. The van der Waals surface area contributed by atoms with Crippen LogP contribution in [0.5, 0.6) is 5.75 Å². The van der Waals surface area contributed by atoms with Crippen LogP contribution in [0.4, 0.5) is 13.2 Å².